The van der Waals surface area contributed by atoms with Gasteiger partial charge in [0.05, 0.1) is 12.0 Å². The molecule has 0 aromatic carbocycles. The van der Waals surface area contributed by atoms with E-state index in [1.807, 2.05) is 6.92 Å². The second-order valence-corrected chi connectivity index (χ2v) is 9.65. The Morgan fingerprint density at radius 2 is 1.80 bits per heavy atom. The van der Waals surface area contributed by atoms with Crippen molar-refractivity contribution in [3.8, 4) is 0 Å². The summed E-state index contributed by atoms with van der Waals surface area (Å²) >= 11 is 0. The maximum Gasteiger partial charge on any atom is 0.330 e. The first-order chi connectivity index (χ1) is 14.4. The van der Waals surface area contributed by atoms with E-state index in [1.54, 1.807) is 7.11 Å². The molecule has 0 saturated heterocycles. The lowest BCUT2D eigenvalue weighted by molar-refractivity contribution is -0.143. The molecule has 4 fully saturated rings. The Morgan fingerprint density at radius 1 is 1.20 bits per heavy atom. The number of aromatic nitrogens is 2. The van der Waals surface area contributed by atoms with Crippen molar-refractivity contribution in [3.63, 3.8) is 0 Å². The minimum Gasteiger partial charge on any atom is -0.383 e. The average molecular weight is 419 g/mol. The number of nitrogen functional groups attached to an aromatic ring is 1. The number of hydrogen-bond donors (Lipinski definition) is 2. The van der Waals surface area contributed by atoms with Gasteiger partial charge in [-0.2, -0.15) is 0 Å². The first-order valence-corrected chi connectivity index (χ1v) is 11.3. The van der Waals surface area contributed by atoms with Gasteiger partial charge in [0.25, 0.3) is 5.56 Å². The van der Waals surface area contributed by atoms with Crippen LogP contribution in [0.25, 0.3) is 0 Å². The number of anilines is 2. The van der Waals surface area contributed by atoms with E-state index in [0.29, 0.717) is 30.9 Å². The van der Waals surface area contributed by atoms with Gasteiger partial charge in [-0.1, -0.05) is 13.3 Å². The van der Waals surface area contributed by atoms with Gasteiger partial charge in [0.2, 0.25) is 5.91 Å². The zero-order valence-corrected chi connectivity index (χ0v) is 18.1. The summed E-state index contributed by atoms with van der Waals surface area (Å²) in [6.07, 6.45) is 8.04. The van der Waals surface area contributed by atoms with Crippen LogP contribution in [0.15, 0.2) is 9.59 Å². The van der Waals surface area contributed by atoms with Crippen molar-refractivity contribution in [2.24, 2.45) is 23.2 Å². The molecule has 0 radical (unpaired) electrons. The second-order valence-electron chi connectivity index (χ2n) is 9.65. The van der Waals surface area contributed by atoms with E-state index in [1.165, 1.54) is 28.7 Å². The Bertz CT molecular complexity index is 883. The molecule has 0 aliphatic heterocycles. The molecule has 0 atom stereocenters. The largest absolute Gasteiger partial charge is 0.383 e. The molecular weight excluding hydrogens is 384 g/mol. The highest BCUT2D eigenvalue weighted by atomic mass is 16.5. The highest BCUT2D eigenvalue weighted by Crippen LogP contribution is 2.60. The standard InChI is InChI=1S/C22H34N4O4/c1-3-4-5-26-18(23)17(19(27)24-21(26)29)25(6-7-30-2)20(28)22-11-14-8-15(12-22)10-16(9-14)13-22/h14-16H,3-13,23H2,1-2H3,(H,24,27,29). The molecular formula is C22H34N4O4. The minimum absolute atomic E-state index is 0.0171. The Hall–Kier alpha value is -2.09. The minimum atomic E-state index is -0.598. The summed E-state index contributed by atoms with van der Waals surface area (Å²) in [4.78, 5) is 43.1. The van der Waals surface area contributed by atoms with Crippen LogP contribution in [0, 0.1) is 23.2 Å². The van der Waals surface area contributed by atoms with E-state index in [-0.39, 0.29) is 24.0 Å². The van der Waals surface area contributed by atoms with Crippen molar-refractivity contribution < 1.29 is 9.53 Å². The molecule has 30 heavy (non-hydrogen) atoms. The van der Waals surface area contributed by atoms with E-state index >= 15 is 0 Å². The van der Waals surface area contributed by atoms with Gasteiger partial charge in [-0.15, -0.1) is 0 Å². The summed E-state index contributed by atoms with van der Waals surface area (Å²) in [6, 6.07) is 0. The number of methoxy groups -OCH3 is 1. The van der Waals surface area contributed by atoms with E-state index in [9.17, 15) is 14.4 Å². The van der Waals surface area contributed by atoms with Gasteiger partial charge >= 0.3 is 5.69 Å². The number of carbonyl (C=O) groups is 1. The lowest BCUT2D eigenvalue weighted by atomic mass is 9.49. The number of nitrogens with one attached hydrogen (secondary N) is 1. The first kappa shape index (κ1) is 21.2. The number of amides is 1. The number of aromatic amines is 1. The SMILES string of the molecule is CCCCn1c(N)c(N(CCOC)C(=O)C23CC4CC(CC(C4)C2)C3)c(=O)[nH]c1=O. The quantitative estimate of drug-likeness (QED) is 0.672. The molecule has 3 N–H and O–H groups in total. The monoisotopic (exact) mass is 418 g/mol. The van der Waals surface area contributed by atoms with Crippen LogP contribution in [-0.2, 0) is 16.1 Å². The highest BCUT2D eigenvalue weighted by molar-refractivity contribution is 5.99. The summed E-state index contributed by atoms with van der Waals surface area (Å²) in [5, 5.41) is 0. The number of nitrogens with zero attached hydrogens (tertiary/aromatic N) is 2. The van der Waals surface area contributed by atoms with Crippen LogP contribution < -0.4 is 21.9 Å². The van der Waals surface area contributed by atoms with Gasteiger partial charge in [-0.25, -0.2) is 4.79 Å². The van der Waals surface area contributed by atoms with Crippen molar-refractivity contribution in [1.29, 1.82) is 0 Å². The predicted octanol–water partition coefficient (Wildman–Crippen LogP) is 2.11. The third-order valence-electron chi connectivity index (χ3n) is 7.48. The maximum absolute atomic E-state index is 14.0. The third-order valence-corrected chi connectivity index (χ3v) is 7.48. The molecule has 4 aliphatic carbocycles. The Kier molecular flexibility index (Phi) is 5.79. The second kappa shape index (κ2) is 8.21. The van der Waals surface area contributed by atoms with Gasteiger partial charge < -0.3 is 15.4 Å². The zero-order valence-electron chi connectivity index (χ0n) is 18.1. The number of hydrogen-bond acceptors (Lipinski definition) is 5. The van der Waals surface area contributed by atoms with Crippen molar-refractivity contribution in [2.45, 2.75) is 64.8 Å². The van der Waals surface area contributed by atoms with Crippen LogP contribution >= 0.6 is 0 Å². The molecule has 1 aromatic heterocycles. The molecule has 4 saturated carbocycles. The van der Waals surface area contributed by atoms with Gasteiger partial charge in [0, 0.05) is 20.2 Å². The third kappa shape index (κ3) is 3.59. The molecule has 1 heterocycles. The first-order valence-electron chi connectivity index (χ1n) is 11.3. The number of unbranched alkanes of at least 4 members (excludes halogenated alkanes) is 1. The van der Waals surface area contributed by atoms with Crippen LogP contribution in [0.1, 0.15) is 58.3 Å². The van der Waals surface area contributed by atoms with Crippen LogP contribution in [0.4, 0.5) is 11.5 Å². The number of carbonyl (C=O) groups excluding carboxylic acids is 1. The van der Waals surface area contributed by atoms with E-state index in [4.69, 9.17) is 10.5 Å². The normalized spacial score (nSPS) is 29.3. The molecule has 8 heteroatoms. The zero-order chi connectivity index (χ0) is 21.5. The number of nitrogens with two attached hydrogens (primary N) is 1. The fourth-order valence-electron chi connectivity index (χ4n) is 6.53. The van der Waals surface area contributed by atoms with Crippen LogP contribution in [-0.4, -0.2) is 35.7 Å². The van der Waals surface area contributed by atoms with Gasteiger partial charge in [-0.05, 0) is 62.7 Å². The van der Waals surface area contributed by atoms with E-state index in [0.717, 1.165) is 32.1 Å². The molecule has 4 aliphatic rings. The fourth-order valence-corrected chi connectivity index (χ4v) is 6.53. The summed E-state index contributed by atoms with van der Waals surface area (Å²) in [5.74, 6) is 1.89. The summed E-state index contributed by atoms with van der Waals surface area (Å²) < 4.78 is 6.63. The van der Waals surface area contributed by atoms with E-state index < -0.39 is 16.7 Å². The average Bonchev–Trinajstić information content (AvgIpc) is 2.68. The van der Waals surface area contributed by atoms with Crippen LogP contribution in [0.5, 0.6) is 0 Å². The molecule has 8 nitrogen and oxygen atoms in total. The van der Waals surface area contributed by atoms with Gasteiger partial charge in [0.15, 0.2) is 5.69 Å². The number of H-pyrrole nitrogens is 1. The Morgan fingerprint density at radius 3 is 2.33 bits per heavy atom. The topological polar surface area (TPSA) is 110 Å². The molecule has 166 valence electrons. The maximum atomic E-state index is 14.0. The Balaban J connectivity index is 1.74. The molecule has 0 spiro atoms. The summed E-state index contributed by atoms with van der Waals surface area (Å²) in [5.41, 5.74) is 4.90. The predicted molar refractivity (Wildman–Crippen MR) is 115 cm³/mol. The van der Waals surface area contributed by atoms with E-state index in [2.05, 4.69) is 4.98 Å². The molecule has 1 amide bonds. The molecule has 1 aromatic rings. The van der Waals surface area contributed by atoms with Crippen molar-refractivity contribution in [1.82, 2.24) is 9.55 Å². The molecule has 0 unspecified atom stereocenters. The molecule has 4 bridgehead atoms. The fraction of sp³-hybridized carbons (Fsp3) is 0.773. The van der Waals surface area contributed by atoms with Gasteiger partial charge in [0.1, 0.15) is 5.82 Å². The van der Waals surface area contributed by atoms with Crippen LogP contribution in [0.2, 0.25) is 0 Å². The van der Waals surface area contributed by atoms with Gasteiger partial charge in [-0.3, -0.25) is 19.1 Å². The lowest BCUT2D eigenvalue weighted by Crippen LogP contribution is -2.56. The van der Waals surface area contributed by atoms with Crippen molar-refractivity contribution in [2.75, 3.05) is 30.9 Å². The summed E-state index contributed by atoms with van der Waals surface area (Å²) in [7, 11) is 1.57. The van der Waals surface area contributed by atoms with Crippen molar-refractivity contribution >= 4 is 17.4 Å². The smallest absolute Gasteiger partial charge is 0.330 e. The number of ether oxygens (including phenoxy) is 1. The number of rotatable bonds is 8. The van der Waals surface area contributed by atoms with Crippen LogP contribution in [0.3, 0.4) is 0 Å². The Labute approximate surface area is 176 Å². The highest BCUT2D eigenvalue weighted by Gasteiger charge is 2.56. The molecule has 5 rings (SSSR count). The van der Waals surface area contributed by atoms with Crippen molar-refractivity contribution in [3.05, 3.63) is 20.8 Å². The lowest BCUT2D eigenvalue weighted by Gasteiger charge is -2.56. The summed E-state index contributed by atoms with van der Waals surface area (Å²) in [6.45, 7) is 2.98.